The lowest BCUT2D eigenvalue weighted by Crippen LogP contribution is -2.48. The number of benzene rings is 2. The monoisotopic (exact) mass is 287 g/mol. The van der Waals surface area contributed by atoms with Gasteiger partial charge in [-0.2, -0.15) is 0 Å². The van der Waals surface area contributed by atoms with E-state index in [-0.39, 0.29) is 12.4 Å². The minimum Gasteiger partial charge on any atom is -0.478 e. The molecule has 2 atom stereocenters. The van der Waals surface area contributed by atoms with E-state index in [1.165, 1.54) is 12.1 Å². The van der Waals surface area contributed by atoms with Crippen LogP contribution >= 0.6 is 0 Å². The molecule has 0 radical (unpaired) electrons. The molecule has 0 fully saturated rings. The van der Waals surface area contributed by atoms with Crippen molar-refractivity contribution in [1.82, 2.24) is 0 Å². The van der Waals surface area contributed by atoms with E-state index < -0.39 is 11.7 Å². The average molecular weight is 287 g/mol. The summed E-state index contributed by atoms with van der Waals surface area (Å²) >= 11 is 0. The van der Waals surface area contributed by atoms with Gasteiger partial charge in [-0.25, -0.2) is 4.39 Å². The first-order valence-corrected chi connectivity index (χ1v) is 6.98. The molecule has 110 valence electrons. The number of ether oxygens (including phenoxy) is 1. The van der Waals surface area contributed by atoms with Crippen molar-refractivity contribution in [3.8, 4) is 5.75 Å². The number of aryl methyl sites for hydroxylation is 1. The Morgan fingerprint density at radius 1 is 1.33 bits per heavy atom. The van der Waals surface area contributed by atoms with Gasteiger partial charge >= 0.3 is 0 Å². The molecular formula is C17H18FNO2. The van der Waals surface area contributed by atoms with E-state index in [0.717, 1.165) is 11.1 Å². The summed E-state index contributed by atoms with van der Waals surface area (Å²) in [6.07, 6.45) is -0.211. The second-order valence-electron chi connectivity index (χ2n) is 5.48. The Kier molecular flexibility index (Phi) is 3.43. The van der Waals surface area contributed by atoms with Gasteiger partial charge in [-0.05, 0) is 36.2 Å². The van der Waals surface area contributed by atoms with Gasteiger partial charge in [-0.3, -0.25) is 0 Å². The van der Waals surface area contributed by atoms with Gasteiger partial charge in [0.1, 0.15) is 17.7 Å². The van der Waals surface area contributed by atoms with Crippen LogP contribution in [0.3, 0.4) is 0 Å². The van der Waals surface area contributed by atoms with Crippen molar-refractivity contribution in [3.63, 3.8) is 0 Å². The van der Waals surface area contributed by atoms with E-state index in [4.69, 9.17) is 10.5 Å². The Hall–Kier alpha value is -1.91. The number of rotatable bonds is 3. The van der Waals surface area contributed by atoms with Gasteiger partial charge in [0.25, 0.3) is 0 Å². The minimum atomic E-state index is -0.973. The van der Waals surface area contributed by atoms with Crippen LogP contribution in [0.2, 0.25) is 0 Å². The van der Waals surface area contributed by atoms with E-state index in [1.54, 1.807) is 13.0 Å². The maximum atomic E-state index is 13.2. The first kappa shape index (κ1) is 14.0. The fourth-order valence-electron chi connectivity index (χ4n) is 3.00. The Morgan fingerprint density at radius 3 is 2.81 bits per heavy atom. The lowest BCUT2D eigenvalue weighted by atomic mass is 9.93. The predicted molar refractivity (Wildman–Crippen MR) is 78.7 cm³/mol. The second-order valence-corrected chi connectivity index (χ2v) is 5.48. The van der Waals surface area contributed by atoms with Crippen molar-refractivity contribution in [3.05, 3.63) is 65.0 Å². The fraction of sp³-hybridized carbons (Fsp3) is 0.294. The van der Waals surface area contributed by atoms with Crippen LogP contribution < -0.4 is 10.5 Å². The molecule has 0 aliphatic heterocycles. The maximum Gasteiger partial charge on any atom is 0.172 e. The number of fused-ring (bicyclic) bond motifs is 1. The van der Waals surface area contributed by atoms with Crippen LogP contribution in [0.5, 0.6) is 5.75 Å². The third-order valence-corrected chi connectivity index (χ3v) is 4.16. The number of hydrogen-bond donors (Lipinski definition) is 2. The van der Waals surface area contributed by atoms with Gasteiger partial charge in [-0.1, -0.05) is 24.3 Å². The first-order valence-electron chi connectivity index (χ1n) is 6.98. The summed E-state index contributed by atoms with van der Waals surface area (Å²) in [5.74, 6) is 0.228. The molecule has 0 amide bonds. The van der Waals surface area contributed by atoms with Crippen LogP contribution in [-0.2, 0) is 12.0 Å². The molecule has 1 aliphatic rings. The molecule has 2 aromatic carbocycles. The van der Waals surface area contributed by atoms with Crippen molar-refractivity contribution in [1.29, 1.82) is 0 Å². The van der Waals surface area contributed by atoms with E-state index in [2.05, 4.69) is 0 Å². The summed E-state index contributed by atoms with van der Waals surface area (Å²) in [4.78, 5) is 0. The summed E-state index contributed by atoms with van der Waals surface area (Å²) < 4.78 is 19.3. The van der Waals surface area contributed by atoms with Crippen molar-refractivity contribution >= 4 is 0 Å². The average Bonchev–Trinajstić information content (AvgIpc) is 2.75. The summed E-state index contributed by atoms with van der Waals surface area (Å²) in [6, 6.07) is 12.1. The molecule has 0 spiro atoms. The predicted octanol–water partition coefficient (Wildman–Crippen LogP) is 2.28. The molecular weight excluding hydrogens is 269 g/mol. The van der Waals surface area contributed by atoms with Crippen LogP contribution in [0.25, 0.3) is 0 Å². The fourth-order valence-corrected chi connectivity index (χ4v) is 3.00. The molecule has 21 heavy (non-hydrogen) atoms. The number of aliphatic hydroxyl groups excluding tert-OH is 1. The molecule has 2 aromatic rings. The third kappa shape index (κ3) is 2.20. The number of aliphatic hydroxyl groups is 1. The number of halogens is 1. The van der Waals surface area contributed by atoms with Crippen molar-refractivity contribution in [2.24, 2.45) is 5.73 Å². The SMILES string of the molecule is Cc1cc(F)ccc1OC1(CN)c2ccccc2CC1O. The molecule has 2 unspecified atom stereocenters. The highest BCUT2D eigenvalue weighted by molar-refractivity contribution is 5.43. The highest BCUT2D eigenvalue weighted by atomic mass is 19.1. The zero-order chi connectivity index (χ0) is 15.0. The zero-order valence-electron chi connectivity index (χ0n) is 11.8. The van der Waals surface area contributed by atoms with Crippen molar-refractivity contribution in [2.75, 3.05) is 6.54 Å². The van der Waals surface area contributed by atoms with Gasteiger partial charge in [-0.15, -0.1) is 0 Å². The van der Waals surface area contributed by atoms with Gasteiger partial charge in [0.15, 0.2) is 5.60 Å². The van der Waals surface area contributed by atoms with Crippen LogP contribution in [0.15, 0.2) is 42.5 Å². The quantitative estimate of drug-likeness (QED) is 0.910. The molecule has 0 aromatic heterocycles. The zero-order valence-corrected chi connectivity index (χ0v) is 11.8. The topological polar surface area (TPSA) is 55.5 Å². The van der Waals surface area contributed by atoms with Crippen LogP contribution in [-0.4, -0.2) is 17.8 Å². The highest BCUT2D eigenvalue weighted by Gasteiger charge is 2.47. The van der Waals surface area contributed by atoms with Gasteiger partial charge < -0.3 is 15.6 Å². The van der Waals surface area contributed by atoms with E-state index in [9.17, 15) is 9.50 Å². The van der Waals surface area contributed by atoms with Crippen molar-refractivity contribution in [2.45, 2.75) is 25.0 Å². The molecule has 1 aliphatic carbocycles. The summed E-state index contributed by atoms with van der Waals surface area (Å²) in [5.41, 5.74) is 7.59. The molecule has 0 saturated carbocycles. The summed E-state index contributed by atoms with van der Waals surface area (Å²) in [5, 5.41) is 10.5. The molecule has 0 heterocycles. The minimum absolute atomic E-state index is 0.155. The Balaban J connectivity index is 2.05. The Bertz CT molecular complexity index is 674. The molecule has 0 saturated heterocycles. The third-order valence-electron chi connectivity index (χ3n) is 4.16. The lowest BCUT2D eigenvalue weighted by Gasteiger charge is -2.34. The van der Waals surface area contributed by atoms with Crippen molar-refractivity contribution < 1.29 is 14.2 Å². The van der Waals surface area contributed by atoms with E-state index in [1.807, 2.05) is 24.3 Å². The van der Waals surface area contributed by atoms with Crippen LogP contribution in [0.1, 0.15) is 16.7 Å². The van der Waals surface area contributed by atoms with E-state index in [0.29, 0.717) is 17.7 Å². The summed E-state index contributed by atoms with van der Waals surface area (Å²) in [7, 11) is 0. The molecule has 3 N–H and O–H groups in total. The van der Waals surface area contributed by atoms with E-state index >= 15 is 0 Å². The Labute approximate surface area is 123 Å². The Morgan fingerprint density at radius 2 is 2.10 bits per heavy atom. The van der Waals surface area contributed by atoms with Gasteiger partial charge in [0.2, 0.25) is 0 Å². The largest absolute Gasteiger partial charge is 0.478 e. The van der Waals surface area contributed by atoms with Gasteiger partial charge in [0, 0.05) is 18.5 Å². The summed E-state index contributed by atoms with van der Waals surface area (Å²) in [6.45, 7) is 1.93. The molecule has 3 rings (SSSR count). The molecule has 0 bridgehead atoms. The van der Waals surface area contributed by atoms with Gasteiger partial charge in [0.05, 0.1) is 0 Å². The second kappa shape index (κ2) is 5.13. The smallest absolute Gasteiger partial charge is 0.172 e. The molecule has 3 nitrogen and oxygen atoms in total. The maximum absolute atomic E-state index is 13.2. The van der Waals surface area contributed by atoms with Crippen LogP contribution in [0.4, 0.5) is 4.39 Å². The first-order chi connectivity index (χ1) is 10.1. The highest BCUT2D eigenvalue weighted by Crippen LogP contribution is 2.40. The molecule has 4 heteroatoms. The lowest BCUT2D eigenvalue weighted by molar-refractivity contribution is -0.0399. The number of hydrogen-bond acceptors (Lipinski definition) is 3. The normalized spacial score (nSPS) is 23.9. The number of nitrogens with two attached hydrogens (primary N) is 1. The van der Waals surface area contributed by atoms with Crippen LogP contribution in [0, 0.1) is 12.7 Å². The standard InChI is InChI=1S/C17H18FNO2/c1-11-8-13(18)6-7-15(11)21-17(10-19)14-5-3-2-4-12(14)9-16(17)20/h2-8,16,20H,9-10,19H2,1H3.